The summed E-state index contributed by atoms with van der Waals surface area (Å²) < 4.78 is 0. The molecule has 0 bridgehead atoms. The average molecular weight is 335 g/mol. The molecule has 6 heteroatoms. The lowest BCUT2D eigenvalue weighted by Crippen LogP contribution is -2.43. The van der Waals surface area contributed by atoms with Crippen molar-refractivity contribution >= 4 is 41.7 Å². The average Bonchev–Trinajstić information content (AvgIpc) is 2.42. The lowest BCUT2D eigenvalue weighted by Gasteiger charge is -2.23. The maximum atomic E-state index is 11.8. The summed E-state index contributed by atoms with van der Waals surface area (Å²) in [5, 5.41) is 7.15. The number of halogens is 2. The smallest absolute Gasteiger partial charge is 0.230 e. The van der Waals surface area contributed by atoms with Crippen molar-refractivity contribution in [3.8, 4) is 0 Å². The van der Waals surface area contributed by atoms with Gasteiger partial charge in [0, 0.05) is 16.8 Å². The Balaban J connectivity index is 0.00000200. The minimum atomic E-state index is 0. The molecule has 0 aliphatic carbocycles. The Bertz CT molecular complexity index is 425. The fourth-order valence-corrected chi connectivity index (χ4v) is 3.23. The summed E-state index contributed by atoms with van der Waals surface area (Å²) in [4.78, 5) is 11.8. The lowest BCUT2D eigenvalue weighted by atomic mass is 10.1. The van der Waals surface area contributed by atoms with Crippen LogP contribution in [-0.4, -0.2) is 30.8 Å². The molecule has 1 aliphatic rings. The molecule has 0 atom stereocenters. The van der Waals surface area contributed by atoms with Gasteiger partial charge in [-0.3, -0.25) is 4.79 Å². The highest BCUT2D eigenvalue weighted by Crippen LogP contribution is 2.20. The second-order valence-corrected chi connectivity index (χ2v) is 6.07. The zero-order valence-corrected chi connectivity index (χ0v) is 13.6. The fourth-order valence-electron chi connectivity index (χ4n) is 2.10. The Morgan fingerprint density at radius 2 is 2.05 bits per heavy atom. The van der Waals surface area contributed by atoms with E-state index in [1.165, 1.54) is 0 Å². The highest BCUT2D eigenvalue weighted by atomic mass is 35.5. The van der Waals surface area contributed by atoms with Gasteiger partial charge >= 0.3 is 0 Å². The highest BCUT2D eigenvalue weighted by molar-refractivity contribution is 7.99. The third-order valence-corrected chi connectivity index (χ3v) is 4.50. The van der Waals surface area contributed by atoms with Gasteiger partial charge in [0.15, 0.2) is 0 Å². The van der Waals surface area contributed by atoms with Gasteiger partial charge in [0.2, 0.25) is 5.91 Å². The lowest BCUT2D eigenvalue weighted by molar-refractivity contribution is -0.119. The summed E-state index contributed by atoms with van der Waals surface area (Å²) in [5.74, 6) is 1.40. The molecule has 2 rings (SSSR count). The van der Waals surface area contributed by atoms with Gasteiger partial charge < -0.3 is 10.6 Å². The van der Waals surface area contributed by atoms with E-state index in [1.807, 2.05) is 24.3 Å². The summed E-state index contributed by atoms with van der Waals surface area (Å²) in [6.07, 6.45) is 2.06. The van der Waals surface area contributed by atoms with Crippen LogP contribution in [0.15, 0.2) is 24.3 Å². The van der Waals surface area contributed by atoms with Crippen molar-refractivity contribution in [3.05, 3.63) is 34.9 Å². The van der Waals surface area contributed by atoms with E-state index in [0.29, 0.717) is 11.8 Å². The van der Waals surface area contributed by atoms with Crippen LogP contribution >= 0.6 is 35.8 Å². The van der Waals surface area contributed by atoms with E-state index in [2.05, 4.69) is 10.6 Å². The Hall–Kier alpha value is -0.420. The number of rotatable bonds is 5. The molecule has 0 aromatic heterocycles. The molecule has 1 aromatic carbocycles. The highest BCUT2D eigenvalue weighted by Gasteiger charge is 2.15. The van der Waals surface area contributed by atoms with E-state index >= 15 is 0 Å². The predicted octanol–water partition coefficient (Wildman–Crippen LogP) is 2.86. The second kappa shape index (κ2) is 9.50. The Morgan fingerprint density at radius 1 is 1.35 bits per heavy atom. The Morgan fingerprint density at radius 3 is 2.75 bits per heavy atom. The standard InChI is InChI=1S/C14H19ClN2OS.ClH/c15-13-4-2-1-3-11(13)9-19-10-14(18)17-12-5-7-16-8-6-12;/h1-4,12,16H,5-10H2,(H,17,18);1H. The quantitative estimate of drug-likeness (QED) is 0.869. The van der Waals surface area contributed by atoms with Crippen molar-refractivity contribution in [2.75, 3.05) is 18.8 Å². The van der Waals surface area contributed by atoms with Crippen LogP contribution in [0.3, 0.4) is 0 Å². The first-order valence-corrected chi connectivity index (χ1v) is 8.10. The van der Waals surface area contributed by atoms with Crippen molar-refractivity contribution in [3.63, 3.8) is 0 Å². The van der Waals surface area contributed by atoms with Crippen LogP contribution in [-0.2, 0) is 10.5 Å². The van der Waals surface area contributed by atoms with Crippen molar-refractivity contribution in [2.45, 2.75) is 24.6 Å². The number of hydrogen-bond donors (Lipinski definition) is 2. The van der Waals surface area contributed by atoms with E-state index < -0.39 is 0 Å². The molecule has 1 fully saturated rings. The second-order valence-electron chi connectivity index (χ2n) is 4.68. The van der Waals surface area contributed by atoms with Gasteiger partial charge in [-0.2, -0.15) is 0 Å². The van der Waals surface area contributed by atoms with Crippen LogP contribution < -0.4 is 10.6 Å². The van der Waals surface area contributed by atoms with Crippen LogP contribution in [0.4, 0.5) is 0 Å². The SMILES string of the molecule is Cl.O=C(CSCc1ccccc1Cl)NC1CCNCC1. The van der Waals surface area contributed by atoms with E-state index in [0.717, 1.165) is 42.3 Å². The number of hydrogen-bond acceptors (Lipinski definition) is 3. The molecule has 1 heterocycles. The van der Waals surface area contributed by atoms with Gasteiger partial charge in [0.05, 0.1) is 5.75 Å². The minimum Gasteiger partial charge on any atom is -0.353 e. The van der Waals surface area contributed by atoms with E-state index in [1.54, 1.807) is 11.8 Å². The number of nitrogens with one attached hydrogen (secondary N) is 2. The number of piperidine rings is 1. The van der Waals surface area contributed by atoms with Crippen LogP contribution in [0.5, 0.6) is 0 Å². The van der Waals surface area contributed by atoms with Gasteiger partial charge in [0.1, 0.15) is 0 Å². The number of thioether (sulfide) groups is 1. The molecule has 0 spiro atoms. The van der Waals surface area contributed by atoms with Gasteiger partial charge in [-0.25, -0.2) is 0 Å². The zero-order chi connectivity index (χ0) is 13.5. The zero-order valence-electron chi connectivity index (χ0n) is 11.2. The van der Waals surface area contributed by atoms with Crippen LogP contribution in [0, 0.1) is 0 Å². The molecule has 3 nitrogen and oxygen atoms in total. The van der Waals surface area contributed by atoms with Crippen LogP contribution in [0.2, 0.25) is 5.02 Å². The van der Waals surface area contributed by atoms with Gasteiger partial charge in [-0.1, -0.05) is 29.8 Å². The maximum absolute atomic E-state index is 11.8. The first-order chi connectivity index (χ1) is 9.25. The molecule has 112 valence electrons. The number of carbonyl (C=O) groups excluding carboxylic acids is 1. The summed E-state index contributed by atoms with van der Waals surface area (Å²) in [6.45, 7) is 2.00. The van der Waals surface area contributed by atoms with Crippen LogP contribution in [0.1, 0.15) is 18.4 Å². The van der Waals surface area contributed by atoms with Crippen molar-refractivity contribution in [2.24, 2.45) is 0 Å². The molecular weight excluding hydrogens is 315 g/mol. The number of carbonyl (C=O) groups is 1. The fraction of sp³-hybridized carbons (Fsp3) is 0.500. The molecule has 2 N–H and O–H groups in total. The molecule has 1 aliphatic heterocycles. The van der Waals surface area contributed by atoms with Crippen molar-refractivity contribution in [1.29, 1.82) is 0 Å². The maximum Gasteiger partial charge on any atom is 0.230 e. The number of benzene rings is 1. The molecule has 0 saturated carbocycles. The first-order valence-electron chi connectivity index (χ1n) is 6.57. The van der Waals surface area contributed by atoms with E-state index in [-0.39, 0.29) is 18.3 Å². The summed E-state index contributed by atoms with van der Waals surface area (Å²) >= 11 is 7.68. The van der Waals surface area contributed by atoms with Gasteiger partial charge in [-0.15, -0.1) is 24.2 Å². The molecule has 0 unspecified atom stereocenters. The Kier molecular flexibility index (Phi) is 8.38. The minimum absolute atomic E-state index is 0. The van der Waals surface area contributed by atoms with Crippen LogP contribution in [0.25, 0.3) is 0 Å². The molecule has 0 radical (unpaired) electrons. The summed E-state index contributed by atoms with van der Waals surface area (Å²) in [6, 6.07) is 8.11. The third kappa shape index (κ3) is 5.92. The normalized spacial score (nSPS) is 15.4. The molecule has 1 saturated heterocycles. The molecule has 1 amide bonds. The molecule has 1 aromatic rings. The van der Waals surface area contributed by atoms with Crippen molar-refractivity contribution in [1.82, 2.24) is 10.6 Å². The molecular formula is C14H20Cl2N2OS. The Labute approximate surface area is 135 Å². The largest absolute Gasteiger partial charge is 0.353 e. The summed E-state index contributed by atoms with van der Waals surface area (Å²) in [7, 11) is 0. The first kappa shape index (κ1) is 17.6. The van der Waals surface area contributed by atoms with Gasteiger partial charge in [-0.05, 0) is 37.6 Å². The topological polar surface area (TPSA) is 41.1 Å². The monoisotopic (exact) mass is 334 g/mol. The van der Waals surface area contributed by atoms with E-state index in [4.69, 9.17) is 11.6 Å². The summed E-state index contributed by atoms with van der Waals surface area (Å²) in [5.41, 5.74) is 1.09. The third-order valence-electron chi connectivity index (χ3n) is 3.15. The van der Waals surface area contributed by atoms with E-state index in [9.17, 15) is 4.79 Å². The predicted molar refractivity (Wildman–Crippen MR) is 88.9 cm³/mol. The van der Waals surface area contributed by atoms with Gasteiger partial charge in [0.25, 0.3) is 0 Å². The molecule has 20 heavy (non-hydrogen) atoms. The number of amides is 1. The van der Waals surface area contributed by atoms with Crippen molar-refractivity contribution < 1.29 is 4.79 Å².